The number of ether oxygens (including phenoxy) is 3. The van der Waals surface area contributed by atoms with Crippen LogP contribution in [0, 0.1) is 0 Å². The van der Waals surface area contributed by atoms with Crippen molar-refractivity contribution in [3.63, 3.8) is 0 Å². The van der Waals surface area contributed by atoms with Crippen molar-refractivity contribution in [1.29, 1.82) is 0 Å². The van der Waals surface area contributed by atoms with Gasteiger partial charge in [0.1, 0.15) is 6.61 Å². The Morgan fingerprint density at radius 3 is 1.47 bits per heavy atom. The lowest BCUT2D eigenvalue weighted by molar-refractivity contribution is -0.887. The van der Waals surface area contributed by atoms with E-state index in [1.54, 1.807) is 0 Å². The highest BCUT2D eigenvalue weighted by atomic mass is 16.6. The Kier molecular flexibility index (Phi) is 35.5. The number of carbonyl (C=O) groups excluding carboxylic acids is 2. The summed E-state index contributed by atoms with van der Waals surface area (Å²) in [6, 6.07) is -0.629. The number of nitrogens with zero attached hydrogens (tertiary/aromatic N) is 1. The van der Waals surface area contributed by atoms with E-state index in [0.717, 1.165) is 57.8 Å². The standard InChI is InChI=1S/C47H79NO7/c1-6-8-10-12-14-16-18-20-21-22-23-24-25-26-28-30-32-34-36-38-46(50)55-43(41-53-40-39-44(47(51)52)48(3,4)5)42-54-45(49)37-35-33-31-29-27-19-17-15-13-11-9-7-2/h8,10,14,16,20-21,23-24,26,28,32,34,43-44H,6-7,9,11-13,15,17-19,22,25,27,29-31,33,35-42H2,1-5H3/p+1/b10-8-,16-14-,21-20-,24-23-,28-26-,34-32-. The quantitative estimate of drug-likeness (QED) is 0.0291. The van der Waals surface area contributed by atoms with E-state index in [0.29, 0.717) is 19.3 Å². The number of unbranched alkanes of at least 4 members (excludes halogenated alkanes) is 11. The lowest BCUT2D eigenvalue weighted by Gasteiger charge is -2.31. The molecule has 1 N–H and O–H groups in total. The van der Waals surface area contributed by atoms with Gasteiger partial charge in [0.25, 0.3) is 0 Å². The molecule has 0 aromatic rings. The van der Waals surface area contributed by atoms with Crippen molar-refractivity contribution in [1.82, 2.24) is 0 Å². The van der Waals surface area contributed by atoms with Gasteiger partial charge >= 0.3 is 17.9 Å². The van der Waals surface area contributed by atoms with Crippen molar-refractivity contribution >= 4 is 17.9 Å². The molecule has 0 aliphatic carbocycles. The molecule has 0 aliphatic rings. The molecule has 2 unspecified atom stereocenters. The number of hydrogen-bond donors (Lipinski definition) is 1. The Bertz CT molecular complexity index is 1130. The number of carboxylic acids is 1. The van der Waals surface area contributed by atoms with Crippen LogP contribution in [0.4, 0.5) is 0 Å². The van der Waals surface area contributed by atoms with Gasteiger partial charge in [-0.2, -0.15) is 0 Å². The van der Waals surface area contributed by atoms with E-state index < -0.39 is 18.1 Å². The van der Waals surface area contributed by atoms with Gasteiger partial charge in [0, 0.05) is 19.3 Å². The van der Waals surface area contributed by atoms with E-state index >= 15 is 0 Å². The maximum atomic E-state index is 12.7. The molecule has 0 spiro atoms. The number of quaternary nitrogens is 1. The second kappa shape index (κ2) is 37.7. The highest BCUT2D eigenvalue weighted by molar-refractivity contribution is 5.72. The van der Waals surface area contributed by atoms with Crippen LogP contribution < -0.4 is 0 Å². The van der Waals surface area contributed by atoms with Crippen molar-refractivity contribution in [3.05, 3.63) is 72.9 Å². The lowest BCUT2D eigenvalue weighted by Crippen LogP contribution is -2.50. The second-order valence-electron chi connectivity index (χ2n) is 15.2. The fourth-order valence-electron chi connectivity index (χ4n) is 5.82. The first-order valence-electron chi connectivity index (χ1n) is 21.5. The Balaban J connectivity index is 4.50. The van der Waals surface area contributed by atoms with Gasteiger partial charge in [-0.25, -0.2) is 4.79 Å². The average molecular weight is 771 g/mol. The molecule has 0 radical (unpaired) electrons. The van der Waals surface area contributed by atoms with Crippen LogP contribution in [0.2, 0.25) is 0 Å². The van der Waals surface area contributed by atoms with Gasteiger partial charge in [-0.05, 0) is 51.4 Å². The SMILES string of the molecule is CC/C=C\C/C=C\C/C=C\C/C=C\C/C=C\C/C=C\CCC(=O)OC(COCCC(C(=O)O)[N+](C)(C)C)COC(=O)CCCCCCCCCCCCCC. The Morgan fingerprint density at radius 2 is 1.02 bits per heavy atom. The van der Waals surface area contributed by atoms with Crippen molar-refractivity contribution in [3.8, 4) is 0 Å². The fourth-order valence-corrected chi connectivity index (χ4v) is 5.82. The van der Waals surface area contributed by atoms with Gasteiger partial charge in [0.15, 0.2) is 12.1 Å². The Hall–Kier alpha value is -3.23. The second-order valence-corrected chi connectivity index (χ2v) is 15.2. The summed E-state index contributed by atoms with van der Waals surface area (Å²) in [6.45, 7) is 4.52. The average Bonchev–Trinajstić information content (AvgIpc) is 3.14. The Labute approximate surface area is 336 Å². The van der Waals surface area contributed by atoms with E-state index in [2.05, 4.69) is 74.6 Å². The van der Waals surface area contributed by atoms with E-state index in [4.69, 9.17) is 14.2 Å². The normalized spacial score (nSPS) is 13.7. The summed E-state index contributed by atoms with van der Waals surface area (Å²) in [5.74, 6) is -1.58. The van der Waals surface area contributed by atoms with Crippen molar-refractivity contribution in [2.45, 2.75) is 167 Å². The summed E-state index contributed by atoms with van der Waals surface area (Å²) in [5.41, 5.74) is 0. The molecular weight excluding hydrogens is 691 g/mol. The van der Waals surface area contributed by atoms with Crippen LogP contribution in [-0.2, 0) is 28.6 Å². The lowest BCUT2D eigenvalue weighted by atomic mass is 10.0. The monoisotopic (exact) mass is 771 g/mol. The highest BCUT2D eigenvalue weighted by Gasteiger charge is 2.31. The Morgan fingerprint density at radius 1 is 0.564 bits per heavy atom. The van der Waals surface area contributed by atoms with E-state index in [9.17, 15) is 19.5 Å². The zero-order valence-electron chi connectivity index (χ0n) is 35.6. The smallest absolute Gasteiger partial charge is 0.362 e. The molecule has 55 heavy (non-hydrogen) atoms. The molecular formula is C47H80NO7+. The van der Waals surface area contributed by atoms with Gasteiger partial charge in [0.05, 0.1) is 34.4 Å². The molecule has 0 saturated carbocycles. The first-order chi connectivity index (χ1) is 26.6. The highest BCUT2D eigenvalue weighted by Crippen LogP contribution is 2.13. The first-order valence-corrected chi connectivity index (χ1v) is 21.5. The van der Waals surface area contributed by atoms with Crippen LogP contribution in [0.5, 0.6) is 0 Å². The van der Waals surface area contributed by atoms with Gasteiger partial charge in [-0.3, -0.25) is 9.59 Å². The number of likely N-dealkylation sites (N-methyl/N-ethyl adjacent to an activating group) is 1. The fraction of sp³-hybridized carbons (Fsp3) is 0.681. The molecule has 0 aromatic heterocycles. The molecule has 0 aromatic carbocycles. The van der Waals surface area contributed by atoms with Crippen LogP contribution in [0.25, 0.3) is 0 Å². The maximum absolute atomic E-state index is 12.7. The molecule has 8 heteroatoms. The number of allylic oxidation sites excluding steroid dienone is 12. The molecule has 2 atom stereocenters. The zero-order chi connectivity index (χ0) is 40.7. The van der Waals surface area contributed by atoms with E-state index in [1.165, 1.54) is 57.8 Å². The summed E-state index contributed by atoms with van der Waals surface area (Å²) in [6.07, 6.45) is 46.7. The molecule has 0 saturated heterocycles. The van der Waals surface area contributed by atoms with Crippen LogP contribution in [-0.4, -0.2) is 80.6 Å². The number of aliphatic carboxylic acids is 1. The van der Waals surface area contributed by atoms with Gasteiger partial charge in [-0.1, -0.05) is 157 Å². The molecule has 0 heterocycles. The predicted octanol–water partition coefficient (Wildman–Crippen LogP) is 11.6. The van der Waals surface area contributed by atoms with E-state index in [1.807, 2.05) is 33.3 Å². The third-order valence-electron chi connectivity index (χ3n) is 9.13. The minimum absolute atomic E-state index is 0.0288. The number of esters is 2. The number of hydrogen-bond acceptors (Lipinski definition) is 6. The minimum atomic E-state index is -0.889. The summed E-state index contributed by atoms with van der Waals surface area (Å²) in [4.78, 5) is 36.9. The van der Waals surface area contributed by atoms with Gasteiger partial charge in [0.2, 0.25) is 0 Å². The van der Waals surface area contributed by atoms with E-state index in [-0.39, 0.29) is 42.7 Å². The van der Waals surface area contributed by atoms with Crippen molar-refractivity contribution in [2.24, 2.45) is 0 Å². The van der Waals surface area contributed by atoms with Crippen LogP contribution in [0.15, 0.2) is 72.9 Å². The van der Waals surface area contributed by atoms with Crippen LogP contribution in [0.1, 0.15) is 155 Å². The summed E-state index contributed by atoms with van der Waals surface area (Å²) in [5, 5.41) is 9.60. The molecule has 0 aliphatic heterocycles. The zero-order valence-corrected chi connectivity index (χ0v) is 35.6. The first kappa shape index (κ1) is 51.8. The van der Waals surface area contributed by atoms with Crippen LogP contribution >= 0.6 is 0 Å². The van der Waals surface area contributed by atoms with Gasteiger partial charge < -0.3 is 23.8 Å². The number of carboxylic acid groups (broad SMARTS) is 1. The number of carbonyl (C=O) groups is 3. The molecule has 0 rings (SSSR count). The van der Waals surface area contributed by atoms with Crippen molar-refractivity contribution in [2.75, 3.05) is 41.0 Å². The molecule has 314 valence electrons. The van der Waals surface area contributed by atoms with Crippen molar-refractivity contribution < 1.29 is 38.2 Å². The molecule has 0 amide bonds. The topological polar surface area (TPSA) is 99.1 Å². The van der Waals surface area contributed by atoms with Crippen LogP contribution in [0.3, 0.4) is 0 Å². The molecule has 8 nitrogen and oxygen atoms in total. The van der Waals surface area contributed by atoms with Gasteiger partial charge in [-0.15, -0.1) is 0 Å². The minimum Gasteiger partial charge on any atom is -0.477 e. The number of rotatable bonds is 37. The summed E-state index contributed by atoms with van der Waals surface area (Å²) in [7, 11) is 5.49. The molecule has 0 fully saturated rings. The largest absolute Gasteiger partial charge is 0.477 e. The maximum Gasteiger partial charge on any atom is 0.362 e. The summed E-state index contributed by atoms with van der Waals surface area (Å²) < 4.78 is 17.2. The molecule has 0 bridgehead atoms. The predicted molar refractivity (Wildman–Crippen MR) is 229 cm³/mol. The third-order valence-corrected chi connectivity index (χ3v) is 9.13. The summed E-state index contributed by atoms with van der Waals surface area (Å²) >= 11 is 0. The third kappa shape index (κ3) is 36.2.